The molecule has 134 valence electrons. The van der Waals surface area contributed by atoms with E-state index in [1.807, 2.05) is 6.07 Å². The van der Waals surface area contributed by atoms with Crippen LogP contribution in [0.3, 0.4) is 0 Å². The van der Waals surface area contributed by atoms with Crippen LogP contribution in [-0.2, 0) is 19.4 Å². The zero-order valence-corrected chi connectivity index (χ0v) is 15.0. The monoisotopic (exact) mass is 351 g/mol. The maximum Gasteiger partial charge on any atom is 0.258 e. The molecule has 1 aromatic carbocycles. The molecule has 2 heterocycles. The van der Waals surface area contributed by atoms with Crippen LogP contribution in [0.1, 0.15) is 43.9 Å². The number of unbranched alkanes of at least 4 members (excludes halogenated alkanes) is 2. The molecule has 1 aliphatic rings. The molecular formula is C21H22FN3O. The van der Waals surface area contributed by atoms with Crippen LogP contribution in [0.5, 0.6) is 0 Å². The third-order valence-electron chi connectivity index (χ3n) is 5.12. The summed E-state index contributed by atoms with van der Waals surface area (Å²) in [6.07, 6.45) is 9.71. The van der Waals surface area contributed by atoms with Gasteiger partial charge in [-0.15, -0.1) is 0 Å². The van der Waals surface area contributed by atoms with Crippen molar-refractivity contribution in [3.05, 3.63) is 58.0 Å². The number of benzene rings is 1. The van der Waals surface area contributed by atoms with Crippen LogP contribution < -0.4 is 5.56 Å². The fraction of sp³-hybridized carbons (Fsp3) is 0.381. The first kappa shape index (κ1) is 16.9. The van der Waals surface area contributed by atoms with E-state index in [9.17, 15) is 9.18 Å². The van der Waals surface area contributed by atoms with Crippen molar-refractivity contribution in [1.82, 2.24) is 14.5 Å². The van der Waals surface area contributed by atoms with Gasteiger partial charge in [0.2, 0.25) is 0 Å². The van der Waals surface area contributed by atoms with Gasteiger partial charge in [-0.05, 0) is 54.8 Å². The minimum atomic E-state index is -0.446. The number of rotatable bonds is 5. The molecule has 0 bridgehead atoms. The molecule has 3 aromatic rings. The Morgan fingerprint density at radius 2 is 2.12 bits per heavy atom. The fourth-order valence-electron chi connectivity index (χ4n) is 3.63. The average Bonchev–Trinajstić information content (AvgIpc) is 3.11. The highest BCUT2D eigenvalue weighted by Crippen LogP contribution is 2.27. The lowest BCUT2D eigenvalue weighted by Gasteiger charge is -2.09. The van der Waals surface area contributed by atoms with Crippen LogP contribution in [0.15, 0.2) is 35.4 Å². The lowest BCUT2D eigenvalue weighted by Crippen LogP contribution is -2.19. The van der Waals surface area contributed by atoms with Crippen molar-refractivity contribution in [3.8, 4) is 11.4 Å². The molecule has 0 atom stereocenters. The number of aryl methyl sites for hydroxylation is 3. The molecule has 0 N–H and O–H groups in total. The van der Waals surface area contributed by atoms with Gasteiger partial charge in [-0.25, -0.2) is 14.4 Å². The van der Waals surface area contributed by atoms with E-state index in [-0.39, 0.29) is 5.56 Å². The summed E-state index contributed by atoms with van der Waals surface area (Å²) in [6.45, 7) is 2.79. The van der Waals surface area contributed by atoms with Gasteiger partial charge >= 0.3 is 0 Å². The zero-order chi connectivity index (χ0) is 18.1. The summed E-state index contributed by atoms with van der Waals surface area (Å²) in [5.41, 5.74) is 2.39. The first-order chi connectivity index (χ1) is 12.7. The highest BCUT2D eigenvalue weighted by atomic mass is 19.1. The molecule has 0 unspecified atom stereocenters. The maximum atomic E-state index is 14.7. The third kappa shape index (κ3) is 3.02. The normalized spacial score (nSPS) is 13.3. The molecule has 5 heteroatoms. The average molecular weight is 351 g/mol. The summed E-state index contributed by atoms with van der Waals surface area (Å²) in [5.74, 6) is -0.0453. The highest BCUT2D eigenvalue weighted by Gasteiger charge is 2.17. The standard InChI is InChI=1S/C21H22FN3O/c1-2-3-4-9-25-10-8-14-11-17(18(22)12-16(14)21(25)26)20-23-13-15-6-5-7-19(15)24-20/h8,10-13H,2-7,9H2,1H3. The van der Waals surface area contributed by atoms with Gasteiger partial charge in [-0.2, -0.15) is 0 Å². The van der Waals surface area contributed by atoms with Crippen LogP contribution in [-0.4, -0.2) is 14.5 Å². The Hall–Kier alpha value is -2.56. The van der Waals surface area contributed by atoms with Gasteiger partial charge in [0, 0.05) is 24.6 Å². The quantitative estimate of drug-likeness (QED) is 0.645. The fourth-order valence-corrected chi connectivity index (χ4v) is 3.63. The topological polar surface area (TPSA) is 47.8 Å². The summed E-state index contributed by atoms with van der Waals surface area (Å²) in [5, 5.41) is 1.13. The second kappa shape index (κ2) is 6.98. The van der Waals surface area contributed by atoms with Crippen molar-refractivity contribution in [2.24, 2.45) is 0 Å². The Balaban J connectivity index is 1.75. The molecule has 0 fully saturated rings. The highest BCUT2D eigenvalue weighted by molar-refractivity contribution is 5.86. The Morgan fingerprint density at radius 3 is 2.96 bits per heavy atom. The molecule has 0 spiro atoms. The lowest BCUT2D eigenvalue weighted by atomic mass is 10.1. The first-order valence-electron chi connectivity index (χ1n) is 9.35. The zero-order valence-electron chi connectivity index (χ0n) is 15.0. The van der Waals surface area contributed by atoms with Crippen molar-refractivity contribution >= 4 is 10.8 Å². The van der Waals surface area contributed by atoms with E-state index >= 15 is 0 Å². The maximum absolute atomic E-state index is 14.7. The van der Waals surface area contributed by atoms with Crippen LogP contribution in [0.4, 0.5) is 4.39 Å². The molecule has 4 nitrogen and oxygen atoms in total. The van der Waals surface area contributed by atoms with Gasteiger partial charge in [0.1, 0.15) is 5.82 Å². The van der Waals surface area contributed by atoms with Gasteiger partial charge in [0.05, 0.1) is 10.9 Å². The molecule has 4 rings (SSSR count). The summed E-state index contributed by atoms with van der Waals surface area (Å²) in [7, 11) is 0. The van der Waals surface area contributed by atoms with Crippen LogP contribution >= 0.6 is 0 Å². The predicted molar refractivity (Wildman–Crippen MR) is 101 cm³/mol. The van der Waals surface area contributed by atoms with E-state index < -0.39 is 5.82 Å². The molecule has 0 saturated heterocycles. The molecule has 0 radical (unpaired) electrons. The molecule has 26 heavy (non-hydrogen) atoms. The molecule has 0 saturated carbocycles. The van der Waals surface area contributed by atoms with E-state index in [0.29, 0.717) is 23.3 Å². The Labute approximate surface area is 151 Å². The smallest absolute Gasteiger partial charge is 0.258 e. The van der Waals surface area contributed by atoms with Crippen LogP contribution in [0.25, 0.3) is 22.2 Å². The number of pyridine rings is 1. The second-order valence-corrected chi connectivity index (χ2v) is 6.96. The van der Waals surface area contributed by atoms with E-state index in [2.05, 4.69) is 16.9 Å². The van der Waals surface area contributed by atoms with Gasteiger partial charge in [-0.1, -0.05) is 19.8 Å². The van der Waals surface area contributed by atoms with E-state index in [1.54, 1.807) is 23.0 Å². The first-order valence-corrected chi connectivity index (χ1v) is 9.35. The van der Waals surface area contributed by atoms with E-state index in [1.165, 1.54) is 6.07 Å². The van der Waals surface area contributed by atoms with Gasteiger partial charge < -0.3 is 4.57 Å². The van der Waals surface area contributed by atoms with Crippen LogP contribution in [0, 0.1) is 5.82 Å². The van der Waals surface area contributed by atoms with E-state index in [0.717, 1.165) is 55.2 Å². The third-order valence-corrected chi connectivity index (χ3v) is 5.12. The number of nitrogens with zero attached hydrogens (tertiary/aromatic N) is 3. The molecular weight excluding hydrogens is 329 g/mol. The van der Waals surface area contributed by atoms with Crippen LogP contribution in [0.2, 0.25) is 0 Å². The summed E-state index contributed by atoms with van der Waals surface area (Å²) in [6, 6.07) is 4.90. The van der Waals surface area contributed by atoms with Crippen molar-refractivity contribution in [3.63, 3.8) is 0 Å². The van der Waals surface area contributed by atoms with Crippen molar-refractivity contribution in [2.45, 2.75) is 52.0 Å². The number of fused-ring (bicyclic) bond motifs is 2. The lowest BCUT2D eigenvalue weighted by molar-refractivity contribution is 0.590. The summed E-state index contributed by atoms with van der Waals surface area (Å²) < 4.78 is 16.4. The van der Waals surface area contributed by atoms with Gasteiger partial charge in [0.25, 0.3) is 5.56 Å². The SMILES string of the molecule is CCCCCn1ccc2cc(-c3ncc4c(n3)CCC4)c(F)cc2c1=O. The minimum Gasteiger partial charge on any atom is -0.315 e. The molecule has 2 aromatic heterocycles. The van der Waals surface area contributed by atoms with Crippen molar-refractivity contribution in [1.29, 1.82) is 0 Å². The molecule has 1 aliphatic carbocycles. The summed E-state index contributed by atoms with van der Waals surface area (Å²) >= 11 is 0. The number of aromatic nitrogens is 3. The number of hydrogen-bond acceptors (Lipinski definition) is 3. The van der Waals surface area contributed by atoms with Crippen molar-refractivity contribution < 1.29 is 4.39 Å². The van der Waals surface area contributed by atoms with Gasteiger partial charge in [-0.3, -0.25) is 4.79 Å². The van der Waals surface area contributed by atoms with E-state index in [4.69, 9.17) is 0 Å². The molecule has 0 amide bonds. The Morgan fingerprint density at radius 1 is 1.23 bits per heavy atom. The Bertz CT molecular complexity index is 1030. The second-order valence-electron chi connectivity index (χ2n) is 6.96. The molecule has 0 aliphatic heterocycles. The van der Waals surface area contributed by atoms with Crippen molar-refractivity contribution in [2.75, 3.05) is 0 Å². The predicted octanol–water partition coefficient (Wildman–Crippen LogP) is 4.28. The largest absolute Gasteiger partial charge is 0.315 e. The number of hydrogen-bond donors (Lipinski definition) is 0. The number of halogens is 1. The summed E-state index contributed by atoms with van der Waals surface area (Å²) in [4.78, 5) is 21.5. The Kier molecular flexibility index (Phi) is 4.53. The van der Waals surface area contributed by atoms with Gasteiger partial charge in [0.15, 0.2) is 5.82 Å². The minimum absolute atomic E-state index is 0.140.